The van der Waals surface area contributed by atoms with Gasteiger partial charge in [-0.1, -0.05) is 19.8 Å². The van der Waals surface area contributed by atoms with Crippen LogP contribution in [-0.4, -0.2) is 5.25 Å². The lowest BCUT2D eigenvalue weighted by atomic mass is 9.69. The van der Waals surface area contributed by atoms with Crippen LogP contribution in [-0.2, 0) is 6.42 Å². The molecule has 0 nitrogen and oxygen atoms in total. The Morgan fingerprint density at radius 2 is 1.36 bits per heavy atom. The summed E-state index contributed by atoms with van der Waals surface area (Å²) in [4.78, 5) is 0.616. The van der Waals surface area contributed by atoms with Gasteiger partial charge in [-0.2, -0.15) is 0 Å². The van der Waals surface area contributed by atoms with Crippen LogP contribution in [0.25, 0.3) is 0 Å². The van der Waals surface area contributed by atoms with E-state index in [0.717, 1.165) is 17.8 Å². The summed E-state index contributed by atoms with van der Waals surface area (Å²) >= 11 is 1.57. The first kappa shape index (κ1) is 17.8. The summed E-state index contributed by atoms with van der Waals surface area (Å²) in [6.07, 6.45) is 11.0. The molecule has 1 aromatic carbocycles. The second-order valence-corrected chi connectivity index (χ2v) is 9.80. The average Bonchev–Trinajstić information content (AvgIpc) is 3.05. The third-order valence-electron chi connectivity index (χ3n) is 6.98. The van der Waals surface area contributed by atoms with Gasteiger partial charge in [0, 0.05) is 15.7 Å². The molecule has 3 aliphatic rings. The van der Waals surface area contributed by atoms with E-state index in [1.807, 2.05) is 0 Å². The zero-order chi connectivity index (χ0) is 17.6. The van der Waals surface area contributed by atoms with Crippen LogP contribution < -0.4 is 0 Å². The molecule has 4 rings (SSSR count). The molecule has 1 atom stereocenters. The highest BCUT2D eigenvalue weighted by atomic mass is 32.2. The molecule has 4 heteroatoms. The van der Waals surface area contributed by atoms with Crippen molar-refractivity contribution in [1.29, 1.82) is 0 Å². The number of halogens is 3. The molecule has 25 heavy (non-hydrogen) atoms. The van der Waals surface area contributed by atoms with Crippen molar-refractivity contribution >= 4 is 11.8 Å². The van der Waals surface area contributed by atoms with Crippen molar-refractivity contribution < 1.29 is 13.2 Å². The van der Waals surface area contributed by atoms with E-state index in [2.05, 4.69) is 6.92 Å². The number of rotatable bonds is 2. The van der Waals surface area contributed by atoms with Gasteiger partial charge in [0.15, 0.2) is 17.5 Å². The van der Waals surface area contributed by atoms with E-state index in [1.165, 1.54) is 57.4 Å². The summed E-state index contributed by atoms with van der Waals surface area (Å²) in [5.41, 5.74) is 0.400. The van der Waals surface area contributed by atoms with Gasteiger partial charge in [-0.3, -0.25) is 0 Å². The van der Waals surface area contributed by atoms with Crippen molar-refractivity contribution in [2.24, 2.45) is 23.7 Å². The van der Waals surface area contributed by atoms with Gasteiger partial charge in [-0.25, -0.2) is 13.2 Å². The molecule has 0 bridgehead atoms. The Balaban J connectivity index is 1.35. The van der Waals surface area contributed by atoms with Gasteiger partial charge in [-0.15, -0.1) is 11.8 Å². The van der Waals surface area contributed by atoms with Gasteiger partial charge in [0.1, 0.15) is 0 Å². The van der Waals surface area contributed by atoms with E-state index in [4.69, 9.17) is 0 Å². The zero-order valence-corrected chi connectivity index (χ0v) is 15.7. The van der Waals surface area contributed by atoms with E-state index in [-0.39, 0.29) is 5.25 Å². The second kappa shape index (κ2) is 7.17. The number of benzene rings is 1. The largest absolute Gasteiger partial charge is 0.204 e. The summed E-state index contributed by atoms with van der Waals surface area (Å²) in [5, 5.41) is 0.290. The second-order valence-electron chi connectivity index (χ2n) is 8.52. The van der Waals surface area contributed by atoms with Crippen LogP contribution in [0, 0.1) is 41.1 Å². The Hall–Kier alpha value is -0.640. The first-order valence-electron chi connectivity index (χ1n) is 9.86. The predicted molar refractivity (Wildman–Crippen MR) is 96.2 cm³/mol. The maximum absolute atomic E-state index is 14.0. The van der Waals surface area contributed by atoms with Crippen molar-refractivity contribution in [1.82, 2.24) is 0 Å². The molecule has 2 saturated carbocycles. The molecule has 1 aromatic rings. The molecule has 1 unspecified atom stereocenters. The molecule has 0 radical (unpaired) electrons. The van der Waals surface area contributed by atoms with E-state index in [0.29, 0.717) is 22.8 Å². The number of hydrogen-bond donors (Lipinski definition) is 0. The molecule has 0 aromatic heterocycles. The van der Waals surface area contributed by atoms with Crippen molar-refractivity contribution in [3.05, 3.63) is 29.1 Å². The Morgan fingerprint density at radius 1 is 0.800 bits per heavy atom. The molecule has 1 heterocycles. The monoisotopic (exact) mass is 368 g/mol. The van der Waals surface area contributed by atoms with Crippen LogP contribution in [0.15, 0.2) is 11.0 Å². The summed E-state index contributed by atoms with van der Waals surface area (Å²) in [5.74, 6) is -0.0985. The van der Waals surface area contributed by atoms with Crippen molar-refractivity contribution in [3.8, 4) is 0 Å². The minimum atomic E-state index is -1.31. The van der Waals surface area contributed by atoms with Crippen LogP contribution in [0.5, 0.6) is 0 Å². The standard InChI is InChI=1S/C21H27F3S/c1-12-2-4-13(5-3-12)14-6-8-15(9-7-14)18-10-16-19(25-18)11-17(22)21(24)20(16)23/h11-15,18H,2-10H2,1H3. The van der Waals surface area contributed by atoms with E-state index in [1.54, 1.807) is 11.8 Å². The molecular formula is C21H27F3S. The highest BCUT2D eigenvalue weighted by Crippen LogP contribution is 2.48. The molecular weight excluding hydrogens is 341 g/mol. The highest BCUT2D eigenvalue weighted by molar-refractivity contribution is 8.00. The maximum atomic E-state index is 14.0. The SMILES string of the molecule is CC1CCC(C2CCC(C3Cc4c(cc(F)c(F)c4F)S3)CC2)CC1. The summed E-state index contributed by atoms with van der Waals surface area (Å²) < 4.78 is 41.0. The van der Waals surface area contributed by atoms with Crippen molar-refractivity contribution in [2.75, 3.05) is 0 Å². The Labute approximate surface area is 153 Å². The third kappa shape index (κ3) is 3.48. The van der Waals surface area contributed by atoms with E-state index in [9.17, 15) is 13.2 Å². The van der Waals surface area contributed by atoms with Crippen LogP contribution in [0.3, 0.4) is 0 Å². The van der Waals surface area contributed by atoms with Crippen LogP contribution in [0.1, 0.15) is 63.9 Å². The zero-order valence-electron chi connectivity index (χ0n) is 14.9. The van der Waals surface area contributed by atoms with Crippen molar-refractivity contribution in [3.63, 3.8) is 0 Å². The quantitative estimate of drug-likeness (QED) is 0.520. The maximum Gasteiger partial charge on any atom is 0.194 e. The predicted octanol–water partition coefficient (Wildman–Crippen LogP) is 6.75. The van der Waals surface area contributed by atoms with Crippen molar-refractivity contribution in [2.45, 2.75) is 74.9 Å². The van der Waals surface area contributed by atoms with Crippen LogP contribution in [0.2, 0.25) is 0 Å². The lowest BCUT2D eigenvalue weighted by Crippen LogP contribution is -2.28. The molecule has 0 N–H and O–H groups in total. The molecule has 2 aliphatic carbocycles. The lowest BCUT2D eigenvalue weighted by Gasteiger charge is -2.38. The smallest absolute Gasteiger partial charge is 0.194 e. The summed E-state index contributed by atoms with van der Waals surface area (Å²) in [6, 6.07) is 1.19. The third-order valence-corrected chi connectivity index (χ3v) is 8.45. The number of hydrogen-bond acceptors (Lipinski definition) is 1. The Kier molecular flexibility index (Phi) is 5.09. The number of fused-ring (bicyclic) bond motifs is 1. The minimum absolute atomic E-state index is 0.290. The Morgan fingerprint density at radius 3 is 2.00 bits per heavy atom. The van der Waals surface area contributed by atoms with E-state index >= 15 is 0 Å². The normalized spacial score (nSPS) is 35.6. The molecule has 1 aliphatic heterocycles. The highest BCUT2D eigenvalue weighted by Gasteiger charge is 2.37. The summed E-state index contributed by atoms with van der Waals surface area (Å²) in [6.45, 7) is 2.37. The molecule has 0 amide bonds. The lowest BCUT2D eigenvalue weighted by molar-refractivity contribution is 0.149. The first-order chi connectivity index (χ1) is 12.0. The van der Waals surface area contributed by atoms with Crippen LogP contribution in [0.4, 0.5) is 13.2 Å². The molecule has 0 spiro atoms. The minimum Gasteiger partial charge on any atom is -0.204 e. The topological polar surface area (TPSA) is 0 Å². The Bertz CT molecular complexity index is 629. The molecule has 138 valence electrons. The molecule has 2 fully saturated rings. The summed E-state index contributed by atoms with van der Waals surface area (Å²) in [7, 11) is 0. The van der Waals surface area contributed by atoms with Gasteiger partial charge < -0.3 is 0 Å². The fraction of sp³-hybridized carbons (Fsp3) is 0.714. The van der Waals surface area contributed by atoms with E-state index < -0.39 is 17.5 Å². The van der Waals surface area contributed by atoms with Gasteiger partial charge in [0.05, 0.1) is 0 Å². The van der Waals surface area contributed by atoms with Gasteiger partial charge >= 0.3 is 0 Å². The van der Waals surface area contributed by atoms with Crippen LogP contribution >= 0.6 is 11.8 Å². The fourth-order valence-electron chi connectivity index (χ4n) is 5.32. The van der Waals surface area contributed by atoms with Gasteiger partial charge in [-0.05, 0) is 74.7 Å². The number of thioether (sulfide) groups is 1. The first-order valence-corrected chi connectivity index (χ1v) is 10.7. The fourth-order valence-corrected chi connectivity index (χ4v) is 6.85. The van der Waals surface area contributed by atoms with Gasteiger partial charge in [0.2, 0.25) is 0 Å². The average molecular weight is 369 g/mol. The molecule has 0 saturated heterocycles. The van der Waals surface area contributed by atoms with Gasteiger partial charge in [0.25, 0.3) is 0 Å².